The third kappa shape index (κ3) is 4.18. The number of carbonyl (C=O) groups excluding carboxylic acids is 3. The molecule has 170 valence electrons. The van der Waals surface area contributed by atoms with Crippen LogP contribution in [0.4, 0.5) is 10.8 Å². The molecule has 2 aromatic carbocycles. The lowest BCUT2D eigenvalue weighted by Gasteiger charge is -2.21. The van der Waals surface area contributed by atoms with Crippen molar-refractivity contribution in [3.8, 4) is 0 Å². The topological polar surface area (TPSA) is 83.5 Å². The first-order chi connectivity index (χ1) is 16.4. The van der Waals surface area contributed by atoms with E-state index >= 15 is 0 Å². The monoisotopic (exact) mass is 490 g/mol. The molecule has 0 aliphatic carbocycles. The highest BCUT2D eigenvalue weighted by Gasteiger charge is 2.31. The summed E-state index contributed by atoms with van der Waals surface area (Å²) in [5.74, 6) is -0.816. The van der Waals surface area contributed by atoms with E-state index in [0.29, 0.717) is 21.4 Å². The second-order valence-electron chi connectivity index (χ2n) is 7.99. The summed E-state index contributed by atoms with van der Waals surface area (Å²) >= 11 is 7.62. The van der Waals surface area contributed by atoms with E-state index in [4.69, 9.17) is 16.6 Å². The van der Waals surface area contributed by atoms with Crippen LogP contribution in [0.15, 0.2) is 60.9 Å². The minimum absolute atomic E-state index is 0.179. The molecule has 1 fully saturated rings. The van der Waals surface area contributed by atoms with Gasteiger partial charge < -0.3 is 0 Å². The van der Waals surface area contributed by atoms with E-state index < -0.39 is 0 Å². The van der Waals surface area contributed by atoms with E-state index in [1.165, 1.54) is 11.3 Å². The molecule has 0 radical (unpaired) electrons. The molecule has 1 aliphatic heterocycles. The molecule has 0 bridgehead atoms. The van der Waals surface area contributed by atoms with Gasteiger partial charge in [0.1, 0.15) is 0 Å². The van der Waals surface area contributed by atoms with Crippen LogP contribution >= 0.6 is 22.9 Å². The number of hydrogen-bond acceptors (Lipinski definition) is 6. The van der Waals surface area contributed by atoms with Crippen LogP contribution < -0.4 is 9.80 Å². The van der Waals surface area contributed by atoms with E-state index in [-0.39, 0.29) is 37.1 Å². The average Bonchev–Trinajstić information content (AvgIpc) is 3.40. The third-order valence-electron chi connectivity index (χ3n) is 5.61. The first kappa shape index (κ1) is 22.2. The van der Waals surface area contributed by atoms with Gasteiger partial charge in [0.2, 0.25) is 11.8 Å². The van der Waals surface area contributed by atoms with Crippen molar-refractivity contribution in [2.45, 2.75) is 26.3 Å². The highest BCUT2D eigenvalue weighted by molar-refractivity contribution is 7.22. The van der Waals surface area contributed by atoms with Gasteiger partial charge in [-0.25, -0.2) is 4.98 Å². The molecule has 0 unspecified atom stereocenters. The number of aryl methyl sites for hydroxylation is 1. The van der Waals surface area contributed by atoms with Crippen molar-refractivity contribution >= 4 is 61.7 Å². The molecule has 9 heteroatoms. The Hall–Kier alpha value is -3.62. The zero-order valence-electron chi connectivity index (χ0n) is 18.2. The fourth-order valence-corrected chi connectivity index (χ4v) is 5.37. The van der Waals surface area contributed by atoms with Crippen molar-refractivity contribution in [1.29, 1.82) is 0 Å². The minimum Gasteiger partial charge on any atom is -0.279 e. The number of rotatable bonds is 5. The van der Waals surface area contributed by atoms with Gasteiger partial charge in [0.25, 0.3) is 5.91 Å². The lowest BCUT2D eigenvalue weighted by atomic mass is 10.1. The van der Waals surface area contributed by atoms with Gasteiger partial charge >= 0.3 is 0 Å². The van der Waals surface area contributed by atoms with Crippen LogP contribution in [0, 0.1) is 6.92 Å². The van der Waals surface area contributed by atoms with Crippen LogP contribution in [0.1, 0.15) is 34.3 Å². The number of anilines is 2. The van der Waals surface area contributed by atoms with Gasteiger partial charge in [-0.3, -0.25) is 29.2 Å². The first-order valence-corrected chi connectivity index (χ1v) is 11.8. The van der Waals surface area contributed by atoms with Crippen molar-refractivity contribution in [3.05, 3.63) is 82.6 Å². The summed E-state index contributed by atoms with van der Waals surface area (Å²) in [5, 5.41) is 1.14. The van der Waals surface area contributed by atoms with Crippen LogP contribution in [0.3, 0.4) is 0 Å². The van der Waals surface area contributed by atoms with E-state index in [9.17, 15) is 14.4 Å². The van der Waals surface area contributed by atoms with Crippen molar-refractivity contribution < 1.29 is 14.4 Å². The fraction of sp³-hybridized carbons (Fsp3) is 0.160. The molecule has 4 aromatic rings. The van der Waals surface area contributed by atoms with Gasteiger partial charge in [-0.05, 0) is 60.5 Å². The number of fused-ring (bicyclic) bond motifs is 1. The zero-order chi connectivity index (χ0) is 23.8. The summed E-state index contributed by atoms with van der Waals surface area (Å²) in [6.45, 7) is 2.21. The Morgan fingerprint density at radius 1 is 1.09 bits per heavy atom. The molecule has 3 heterocycles. The summed E-state index contributed by atoms with van der Waals surface area (Å²) in [4.78, 5) is 49.7. The Morgan fingerprint density at radius 3 is 2.56 bits per heavy atom. The Labute approximate surface area is 204 Å². The number of hydrogen-bond donors (Lipinski definition) is 0. The first-order valence-electron chi connectivity index (χ1n) is 10.6. The molecule has 5 rings (SSSR count). The van der Waals surface area contributed by atoms with E-state index in [1.807, 2.05) is 31.2 Å². The number of aromatic nitrogens is 2. The molecule has 7 nitrogen and oxygen atoms in total. The zero-order valence-corrected chi connectivity index (χ0v) is 19.8. The predicted octanol–water partition coefficient (Wildman–Crippen LogP) is 5.15. The number of pyridine rings is 1. The molecule has 0 spiro atoms. The molecule has 0 N–H and O–H groups in total. The molecule has 1 saturated heterocycles. The van der Waals surface area contributed by atoms with Gasteiger partial charge in [-0.1, -0.05) is 29.0 Å². The van der Waals surface area contributed by atoms with Gasteiger partial charge in [0.15, 0.2) is 5.13 Å². The standard InChI is InChI=1S/C25H19ClN4O3S/c1-15-11-18(26)13-20-23(15)28-25(34-20)29(14-16-7-9-27-10-8-16)24(33)17-3-2-4-19(12-17)30-21(31)5-6-22(30)32/h2-4,7-13H,5-6,14H2,1H3. The van der Waals surface area contributed by atoms with Crippen molar-refractivity contribution in [1.82, 2.24) is 9.97 Å². The normalized spacial score (nSPS) is 13.6. The number of thiazole rings is 1. The number of benzene rings is 2. The van der Waals surface area contributed by atoms with Gasteiger partial charge in [-0.15, -0.1) is 0 Å². The Balaban J connectivity index is 1.56. The largest absolute Gasteiger partial charge is 0.279 e. The molecular formula is C25H19ClN4O3S. The molecule has 0 saturated carbocycles. The van der Waals surface area contributed by atoms with E-state index in [0.717, 1.165) is 26.2 Å². The highest BCUT2D eigenvalue weighted by atomic mass is 35.5. The smallest absolute Gasteiger partial charge is 0.260 e. The van der Waals surface area contributed by atoms with Crippen LogP contribution in [0.2, 0.25) is 5.02 Å². The number of nitrogens with zero attached hydrogens (tertiary/aromatic N) is 4. The van der Waals surface area contributed by atoms with Crippen LogP contribution in [0.25, 0.3) is 10.2 Å². The quantitative estimate of drug-likeness (QED) is 0.361. The molecular weight excluding hydrogens is 472 g/mol. The fourth-order valence-electron chi connectivity index (χ4n) is 3.95. The maximum Gasteiger partial charge on any atom is 0.260 e. The summed E-state index contributed by atoms with van der Waals surface area (Å²) in [7, 11) is 0. The summed E-state index contributed by atoms with van der Waals surface area (Å²) in [6, 6.07) is 14.0. The van der Waals surface area contributed by atoms with Crippen molar-refractivity contribution in [2.24, 2.45) is 0 Å². The van der Waals surface area contributed by atoms with E-state index in [1.54, 1.807) is 41.6 Å². The number of carbonyl (C=O) groups is 3. The molecule has 3 amide bonds. The maximum atomic E-state index is 13.8. The molecule has 0 atom stereocenters. The van der Waals surface area contributed by atoms with Gasteiger partial charge in [0, 0.05) is 35.8 Å². The summed E-state index contributed by atoms with van der Waals surface area (Å²) in [5.41, 5.74) is 3.36. The van der Waals surface area contributed by atoms with Crippen molar-refractivity contribution in [2.75, 3.05) is 9.80 Å². The Bertz CT molecular complexity index is 1420. The Kier molecular flexibility index (Phi) is 5.85. The SMILES string of the molecule is Cc1cc(Cl)cc2sc(N(Cc3ccncc3)C(=O)c3cccc(N4C(=O)CCC4=O)c3)nc12. The Morgan fingerprint density at radius 2 is 1.82 bits per heavy atom. The summed E-state index contributed by atoms with van der Waals surface area (Å²) in [6.07, 6.45) is 3.70. The molecule has 1 aliphatic rings. The third-order valence-corrected chi connectivity index (χ3v) is 6.85. The second-order valence-corrected chi connectivity index (χ2v) is 9.43. The minimum atomic E-state index is -0.291. The van der Waals surface area contributed by atoms with E-state index in [2.05, 4.69) is 4.98 Å². The van der Waals surface area contributed by atoms with Crippen LogP contribution in [-0.2, 0) is 16.1 Å². The number of amides is 3. The van der Waals surface area contributed by atoms with Crippen molar-refractivity contribution in [3.63, 3.8) is 0 Å². The maximum absolute atomic E-state index is 13.8. The lowest BCUT2D eigenvalue weighted by Crippen LogP contribution is -2.31. The molecule has 34 heavy (non-hydrogen) atoms. The van der Waals surface area contributed by atoms with Crippen LogP contribution in [-0.4, -0.2) is 27.7 Å². The predicted molar refractivity (Wildman–Crippen MR) is 132 cm³/mol. The lowest BCUT2D eigenvalue weighted by molar-refractivity contribution is -0.121. The van der Waals surface area contributed by atoms with Gasteiger partial charge in [-0.2, -0.15) is 0 Å². The average molecular weight is 491 g/mol. The number of imide groups is 1. The number of halogens is 1. The highest BCUT2D eigenvalue weighted by Crippen LogP contribution is 2.34. The molecule has 2 aromatic heterocycles. The summed E-state index contributed by atoms with van der Waals surface area (Å²) < 4.78 is 0.884. The van der Waals surface area contributed by atoms with Gasteiger partial charge in [0.05, 0.1) is 22.4 Å². The van der Waals surface area contributed by atoms with Crippen LogP contribution in [0.5, 0.6) is 0 Å². The second kappa shape index (κ2) is 8.96.